The SMILES string of the molecule is Cc1ccc(Nc2nccc(N(C)c3cccc4c3nc(NC(=O)Cc3cc(F)ccc3F)n4C)n2)cc1S(N)(=O)=O. The number of nitrogens with two attached hydrogens (primary N) is 1. The van der Waals surface area contributed by atoms with Gasteiger partial charge in [0.1, 0.15) is 23.0 Å². The lowest BCUT2D eigenvalue weighted by Gasteiger charge is -2.19. The fourth-order valence-electron chi connectivity index (χ4n) is 4.44. The van der Waals surface area contributed by atoms with Crippen LogP contribution in [0, 0.1) is 18.6 Å². The molecule has 0 aliphatic rings. The number of carbonyl (C=O) groups is 1. The van der Waals surface area contributed by atoms with Crippen LogP contribution in [0.25, 0.3) is 11.0 Å². The van der Waals surface area contributed by atoms with Gasteiger partial charge in [0.2, 0.25) is 27.8 Å². The molecule has 0 atom stereocenters. The van der Waals surface area contributed by atoms with Gasteiger partial charge in [-0.05, 0) is 61.0 Å². The van der Waals surface area contributed by atoms with E-state index in [4.69, 9.17) is 5.14 Å². The number of nitrogens with zero attached hydrogens (tertiary/aromatic N) is 5. The molecule has 42 heavy (non-hydrogen) atoms. The molecule has 1 amide bonds. The lowest BCUT2D eigenvalue weighted by molar-refractivity contribution is -0.115. The topological polar surface area (TPSA) is 148 Å². The van der Waals surface area contributed by atoms with E-state index < -0.39 is 27.6 Å². The Kier molecular flexibility index (Phi) is 7.58. The third kappa shape index (κ3) is 5.89. The van der Waals surface area contributed by atoms with E-state index in [0.717, 1.165) is 18.2 Å². The Bertz CT molecular complexity index is 1950. The first-order chi connectivity index (χ1) is 19.9. The molecule has 0 radical (unpaired) electrons. The van der Waals surface area contributed by atoms with E-state index in [1.165, 1.54) is 6.07 Å². The minimum absolute atomic E-state index is 0.00781. The number of sulfonamides is 1. The lowest BCUT2D eigenvalue weighted by Crippen LogP contribution is -2.18. The summed E-state index contributed by atoms with van der Waals surface area (Å²) in [5.41, 5.74) is 2.81. The van der Waals surface area contributed by atoms with Gasteiger partial charge < -0.3 is 14.8 Å². The third-order valence-electron chi connectivity index (χ3n) is 6.60. The maximum Gasteiger partial charge on any atom is 0.238 e. The molecule has 0 unspecified atom stereocenters. The van der Waals surface area contributed by atoms with Crippen molar-refractivity contribution in [2.45, 2.75) is 18.2 Å². The second-order valence-electron chi connectivity index (χ2n) is 9.55. The third-order valence-corrected chi connectivity index (χ3v) is 7.65. The number of carbonyl (C=O) groups excluding carboxylic acids is 1. The first-order valence-corrected chi connectivity index (χ1v) is 14.1. The van der Waals surface area contributed by atoms with Crippen molar-refractivity contribution in [1.29, 1.82) is 0 Å². The number of hydrogen-bond acceptors (Lipinski definition) is 8. The van der Waals surface area contributed by atoms with Gasteiger partial charge in [-0.1, -0.05) is 12.1 Å². The number of imidazole rings is 1. The molecule has 0 aliphatic heterocycles. The van der Waals surface area contributed by atoms with E-state index >= 15 is 0 Å². The number of primary sulfonamides is 1. The summed E-state index contributed by atoms with van der Waals surface area (Å²) in [6.45, 7) is 1.65. The van der Waals surface area contributed by atoms with Gasteiger partial charge in [0.15, 0.2) is 0 Å². The molecular formula is C28H26F2N8O3S. The molecule has 0 spiro atoms. The number of rotatable bonds is 8. The van der Waals surface area contributed by atoms with Crippen molar-refractivity contribution in [1.82, 2.24) is 19.5 Å². The van der Waals surface area contributed by atoms with Crippen molar-refractivity contribution < 1.29 is 22.0 Å². The van der Waals surface area contributed by atoms with Gasteiger partial charge in [0.25, 0.3) is 0 Å². The number of benzene rings is 3. The molecule has 0 fully saturated rings. The zero-order valence-electron chi connectivity index (χ0n) is 22.8. The number of para-hydroxylation sites is 1. The lowest BCUT2D eigenvalue weighted by atomic mass is 10.1. The highest BCUT2D eigenvalue weighted by Crippen LogP contribution is 2.32. The zero-order valence-corrected chi connectivity index (χ0v) is 23.6. The minimum atomic E-state index is -3.91. The first-order valence-electron chi connectivity index (χ1n) is 12.6. The van der Waals surface area contributed by atoms with Gasteiger partial charge in [0.05, 0.1) is 22.5 Å². The van der Waals surface area contributed by atoms with E-state index in [1.54, 1.807) is 54.9 Å². The quantitative estimate of drug-likeness (QED) is 0.242. The van der Waals surface area contributed by atoms with E-state index in [9.17, 15) is 22.0 Å². The van der Waals surface area contributed by atoms with Crippen LogP contribution in [0.15, 0.2) is 71.8 Å². The molecular weight excluding hydrogens is 566 g/mol. The molecule has 0 bridgehead atoms. The maximum atomic E-state index is 14.0. The van der Waals surface area contributed by atoms with Crippen LogP contribution in [0.5, 0.6) is 0 Å². The summed E-state index contributed by atoms with van der Waals surface area (Å²) in [6.07, 6.45) is 1.18. The average molecular weight is 593 g/mol. The predicted molar refractivity (Wildman–Crippen MR) is 155 cm³/mol. The van der Waals surface area contributed by atoms with Crippen LogP contribution < -0.4 is 20.7 Å². The Morgan fingerprint density at radius 1 is 1.07 bits per heavy atom. The normalized spacial score (nSPS) is 11.5. The smallest absolute Gasteiger partial charge is 0.238 e. The van der Waals surface area contributed by atoms with Crippen molar-refractivity contribution in [3.63, 3.8) is 0 Å². The molecule has 0 aliphatic carbocycles. The van der Waals surface area contributed by atoms with Crippen LogP contribution in [0.4, 0.5) is 37.9 Å². The molecule has 5 rings (SSSR count). The molecule has 0 saturated carbocycles. The van der Waals surface area contributed by atoms with E-state index in [2.05, 4.69) is 25.6 Å². The summed E-state index contributed by atoms with van der Waals surface area (Å²) >= 11 is 0. The molecule has 3 aromatic carbocycles. The molecule has 5 aromatic rings. The number of nitrogens with one attached hydrogen (secondary N) is 2. The number of fused-ring (bicyclic) bond motifs is 1. The van der Waals surface area contributed by atoms with Crippen molar-refractivity contribution in [2.75, 3.05) is 22.6 Å². The van der Waals surface area contributed by atoms with Crippen LogP contribution in [-0.4, -0.2) is 40.9 Å². The molecule has 14 heteroatoms. The number of aromatic nitrogens is 4. The summed E-state index contributed by atoms with van der Waals surface area (Å²) in [5.74, 6) is -0.925. The summed E-state index contributed by atoms with van der Waals surface area (Å²) in [7, 11) is -0.404. The van der Waals surface area contributed by atoms with Crippen molar-refractivity contribution in [3.8, 4) is 0 Å². The van der Waals surface area contributed by atoms with Crippen molar-refractivity contribution in [2.24, 2.45) is 12.2 Å². The highest BCUT2D eigenvalue weighted by Gasteiger charge is 2.19. The van der Waals surface area contributed by atoms with Crippen molar-refractivity contribution in [3.05, 3.63) is 89.6 Å². The number of hydrogen-bond donors (Lipinski definition) is 3. The van der Waals surface area contributed by atoms with Gasteiger partial charge in [0, 0.05) is 31.5 Å². The van der Waals surface area contributed by atoms with Crippen LogP contribution in [0.2, 0.25) is 0 Å². The molecule has 2 aromatic heterocycles. The fourth-order valence-corrected chi connectivity index (χ4v) is 5.24. The Morgan fingerprint density at radius 3 is 2.62 bits per heavy atom. The number of halogens is 2. The zero-order chi connectivity index (χ0) is 30.2. The summed E-state index contributed by atoms with van der Waals surface area (Å²) < 4.78 is 53.1. The van der Waals surface area contributed by atoms with Crippen molar-refractivity contribution >= 4 is 56.1 Å². The Balaban J connectivity index is 1.40. The molecule has 216 valence electrons. The van der Waals surface area contributed by atoms with Crippen LogP contribution in [-0.2, 0) is 28.3 Å². The summed E-state index contributed by atoms with van der Waals surface area (Å²) in [5, 5.41) is 11.0. The predicted octanol–water partition coefficient (Wildman–Crippen LogP) is 4.29. The van der Waals surface area contributed by atoms with E-state index in [-0.39, 0.29) is 28.8 Å². The molecule has 0 saturated heterocycles. The summed E-state index contributed by atoms with van der Waals surface area (Å²) in [4.78, 5) is 27.8. The average Bonchev–Trinajstić information content (AvgIpc) is 3.25. The number of anilines is 5. The second-order valence-corrected chi connectivity index (χ2v) is 11.1. The van der Waals surface area contributed by atoms with Gasteiger partial charge in [-0.25, -0.2) is 32.3 Å². The molecule has 11 nitrogen and oxygen atoms in total. The fraction of sp³-hybridized carbons (Fsp3) is 0.143. The van der Waals surface area contributed by atoms with Crippen LogP contribution in [0.3, 0.4) is 0 Å². The minimum Gasteiger partial charge on any atom is -0.327 e. The highest BCUT2D eigenvalue weighted by molar-refractivity contribution is 7.89. The highest BCUT2D eigenvalue weighted by atomic mass is 32.2. The second kappa shape index (κ2) is 11.1. The van der Waals surface area contributed by atoms with Crippen LogP contribution >= 0.6 is 0 Å². The summed E-state index contributed by atoms with van der Waals surface area (Å²) in [6, 6.07) is 14.9. The van der Waals surface area contributed by atoms with Gasteiger partial charge >= 0.3 is 0 Å². The van der Waals surface area contributed by atoms with Gasteiger partial charge in [-0.15, -0.1) is 0 Å². The Hall–Kier alpha value is -4.95. The largest absolute Gasteiger partial charge is 0.327 e. The first kappa shape index (κ1) is 28.6. The van der Waals surface area contributed by atoms with Crippen LogP contribution in [0.1, 0.15) is 11.1 Å². The molecule has 4 N–H and O–H groups in total. The number of aryl methyl sites for hydroxylation is 2. The van der Waals surface area contributed by atoms with Gasteiger partial charge in [-0.2, -0.15) is 4.98 Å². The van der Waals surface area contributed by atoms with Gasteiger partial charge in [-0.3, -0.25) is 10.1 Å². The van der Waals surface area contributed by atoms with E-state index in [0.29, 0.717) is 33.8 Å². The monoisotopic (exact) mass is 592 g/mol. The Morgan fingerprint density at radius 2 is 1.86 bits per heavy atom. The number of amides is 1. The maximum absolute atomic E-state index is 14.0. The standard InChI is InChI=1S/C28H26F2N8O3S/c1-16-7-9-19(15-23(16)42(31,40)41)33-27-32-12-11-24(34-27)37(2)21-5-4-6-22-26(21)36-28(38(22)3)35-25(39)14-17-13-18(29)8-10-20(17)30/h4-13,15H,14H2,1-3H3,(H2,31,40,41)(H,32,33,34)(H,35,36,39). The van der Waals surface area contributed by atoms with E-state index in [1.807, 2.05) is 18.2 Å². The Labute approximate surface area is 240 Å². The molecule has 2 heterocycles.